The second-order valence-electron chi connectivity index (χ2n) is 4.84. The van der Waals surface area contributed by atoms with E-state index < -0.39 is 0 Å². The number of pyridine rings is 1. The van der Waals surface area contributed by atoms with E-state index in [0.29, 0.717) is 36.1 Å². The van der Waals surface area contributed by atoms with E-state index in [1.165, 1.54) is 0 Å². The highest BCUT2D eigenvalue weighted by atomic mass is 16.5. The van der Waals surface area contributed by atoms with E-state index in [1.54, 1.807) is 6.07 Å². The van der Waals surface area contributed by atoms with Gasteiger partial charge in [-0.25, -0.2) is 4.98 Å². The van der Waals surface area contributed by atoms with Crippen molar-refractivity contribution in [2.24, 2.45) is 0 Å². The third kappa shape index (κ3) is 3.77. The van der Waals surface area contributed by atoms with Gasteiger partial charge in [0.25, 0.3) is 5.89 Å². The molecule has 2 rings (SSSR count). The number of nitrogens with one attached hydrogen (secondary N) is 1. The van der Waals surface area contributed by atoms with E-state index in [4.69, 9.17) is 14.9 Å². The number of hydrogen-bond donors (Lipinski definition) is 2. The molecule has 0 unspecified atom stereocenters. The van der Waals surface area contributed by atoms with Gasteiger partial charge >= 0.3 is 0 Å². The van der Waals surface area contributed by atoms with Gasteiger partial charge in [-0.3, -0.25) is 0 Å². The molecule has 2 N–H and O–H groups in total. The van der Waals surface area contributed by atoms with E-state index >= 15 is 0 Å². The molecule has 2 aromatic heterocycles. The van der Waals surface area contributed by atoms with Gasteiger partial charge in [-0.1, -0.05) is 19.0 Å². The molecule has 0 aromatic carbocycles. The van der Waals surface area contributed by atoms with E-state index in [1.807, 2.05) is 19.9 Å². The topological polar surface area (TPSA) is 108 Å². The van der Waals surface area contributed by atoms with Gasteiger partial charge in [0.05, 0.1) is 5.56 Å². The van der Waals surface area contributed by atoms with Crippen molar-refractivity contribution in [3.8, 4) is 6.07 Å². The molecular formula is C14H17N5O2. The lowest BCUT2D eigenvalue weighted by Gasteiger charge is -2.10. The summed E-state index contributed by atoms with van der Waals surface area (Å²) >= 11 is 0. The fraction of sp³-hybridized carbons (Fsp3) is 0.429. The zero-order valence-corrected chi connectivity index (χ0v) is 12.0. The van der Waals surface area contributed by atoms with Crippen LogP contribution in [0, 0.1) is 11.3 Å². The molecule has 0 fully saturated rings. The van der Waals surface area contributed by atoms with Crippen LogP contribution in [-0.2, 0) is 13.0 Å². The summed E-state index contributed by atoms with van der Waals surface area (Å²) in [5.41, 5.74) is 1.43. The van der Waals surface area contributed by atoms with Gasteiger partial charge in [0.2, 0.25) is 0 Å². The Morgan fingerprint density at radius 3 is 2.81 bits per heavy atom. The van der Waals surface area contributed by atoms with Gasteiger partial charge in [0.15, 0.2) is 5.82 Å². The highest BCUT2D eigenvalue weighted by Crippen LogP contribution is 2.18. The molecule has 2 aromatic rings. The smallest absolute Gasteiger partial charge is 0.252 e. The summed E-state index contributed by atoms with van der Waals surface area (Å²) in [5.74, 6) is 1.56. The Labute approximate surface area is 122 Å². The van der Waals surface area contributed by atoms with Gasteiger partial charge < -0.3 is 14.9 Å². The number of aliphatic hydroxyl groups excluding tert-OH is 1. The maximum Gasteiger partial charge on any atom is 0.252 e. The lowest BCUT2D eigenvalue weighted by atomic mass is 10.1. The predicted molar refractivity (Wildman–Crippen MR) is 75.5 cm³/mol. The number of nitrogens with zero attached hydrogens (tertiary/aromatic N) is 4. The van der Waals surface area contributed by atoms with Gasteiger partial charge in [-0.2, -0.15) is 10.2 Å². The number of anilines is 1. The van der Waals surface area contributed by atoms with Crippen LogP contribution in [0.1, 0.15) is 42.7 Å². The molecule has 21 heavy (non-hydrogen) atoms. The molecule has 0 saturated heterocycles. The molecule has 110 valence electrons. The summed E-state index contributed by atoms with van der Waals surface area (Å²) in [4.78, 5) is 8.45. The maximum atomic E-state index is 9.10. The Bertz CT molecular complexity index is 645. The standard InChI is InChI=1S/C14H17N5O2/c1-9(2)11-4-3-10(7-15)14(17-11)16-6-5-12-18-13(8-20)21-19-12/h3-4,9,20H,5-6,8H2,1-2H3,(H,16,17). The van der Waals surface area contributed by atoms with Crippen molar-refractivity contribution in [3.05, 3.63) is 35.1 Å². The normalized spacial score (nSPS) is 10.6. The Kier molecular flexibility index (Phi) is 4.85. The fourth-order valence-electron chi connectivity index (χ4n) is 1.77. The summed E-state index contributed by atoms with van der Waals surface area (Å²) < 4.78 is 4.81. The van der Waals surface area contributed by atoms with Crippen LogP contribution in [0.5, 0.6) is 0 Å². The lowest BCUT2D eigenvalue weighted by molar-refractivity contribution is 0.222. The monoisotopic (exact) mass is 287 g/mol. The third-order valence-electron chi connectivity index (χ3n) is 2.92. The molecule has 0 amide bonds. The third-order valence-corrected chi connectivity index (χ3v) is 2.92. The second-order valence-corrected chi connectivity index (χ2v) is 4.84. The van der Waals surface area contributed by atoms with E-state index in [0.717, 1.165) is 5.69 Å². The van der Waals surface area contributed by atoms with Crippen molar-refractivity contribution in [1.82, 2.24) is 15.1 Å². The quantitative estimate of drug-likeness (QED) is 0.830. The van der Waals surface area contributed by atoms with Gasteiger partial charge in [0.1, 0.15) is 18.5 Å². The average Bonchev–Trinajstić information content (AvgIpc) is 2.95. The first-order valence-corrected chi connectivity index (χ1v) is 6.71. The molecule has 0 aliphatic rings. The molecule has 2 heterocycles. The van der Waals surface area contributed by atoms with Gasteiger partial charge in [-0.15, -0.1) is 0 Å². The van der Waals surface area contributed by atoms with Crippen LogP contribution in [0.4, 0.5) is 5.82 Å². The Hall–Kier alpha value is -2.46. The molecule has 7 heteroatoms. The number of hydrogen-bond acceptors (Lipinski definition) is 7. The van der Waals surface area contributed by atoms with E-state index in [9.17, 15) is 0 Å². The molecule has 0 aliphatic carbocycles. The van der Waals surface area contributed by atoms with Crippen molar-refractivity contribution in [1.29, 1.82) is 5.26 Å². The summed E-state index contributed by atoms with van der Waals surface area (Å²) in [6.07, 6.45) is 0.516. The second kappa shape index (κ2) is 6.81. The molecule has 7 nitrogen and oxygen atoms in total. The molecule has 0 atom stereocenters. The Morgan fingerprint density at radius 2 is 2.19 bits per heavy atom. The van der Waals surface area contributed by atoms with Crippen LogP contribution in [0.2, 0.25) is 0 Å². The van der Waals surface area contributed by atoms with E-state index in [2.05, 4.69) is 26.5 Å². The molecule has 0 aliphatic heterocycles. The zero-order chi connectivity index (χ0) is 15.2. The van der Waals surface area contributed by atoms with Crippen LogP contribution in [0.25, 0.3) is 0 Å². The van der Waals surface area contributed by atoms with Crippen molar-refractivity contribution < 1.29 is 9.63 Å². The molecular weight excluding hydrogens is 270 g/mol. The summed E-state index contributed by atoms with van der Waals surface area (Å²) in [5, 5.41) is 24.8. The minimum absolute atomic E-state index is 0.197. The van der Waals surface area contributed by atoms with Crippen molar-refractivity contribution in [3.63, 3.8) is 0 Å². The highest BCUT2D eigenvalue weighted by Gasteiger charge is 2.09. The number of aromatic nitrogens is 3. The molecule has 0 radical (unpaired) electrons. The Balaban J connectivity index is 2.01. The lowest BCUT2D eigenvalue weighted by Crippen LogP contribution is -2.10. The van der Waals surface area contributed by atoms with Crippen molar-refractivity contribution >= 4 is 5.82 Å². The number of rotatable bonds is 6. The minimum Gasteiger partial charge on any atom is -0.387 e. The maximum absolute atomic E-state index is 9.10. The average molecular weight is 287 g/mol. The minimum atomic E-state index is -0.267. The first kappa shape index (κ1) is 14.9. The zero-order valence-electron chi connectivity index (χ0n) is 12.0. The molecule has 0 spiro atoms. The van der Waals surface area contributed by atoms with Crippen LogP contribution >= 0.6 is 0 Å². The largest absolute Gasteiger partial charge is 0.387 e. The fourth-order valence-corrected chi connectivity index (χ4v) is 1.77. The summed E-state index contributed by atoms with van der Waals surface area (Å²) in [6, 6.07) is 5.74. The van der Waals surface area contributed by atoms with Crippen molar-refractivity contribution in [2.75, 3.05) is 11.9 Å². The molecule has 0 saturated carbocycles. The van der Waals surface area contributed by atoms with Crippen LogP contribution in [0.3, 0.4) is 0 Å². The first-order valence-electron chi connectivity index (χ1n) is 6.71. The SMILES string of the molecule is CC(C)c1ccc(C#N)c(NCCc2noc(CO)n2)n1. The van der Waals surface area contributed by atoms with Crippen molar-refractivity contribution in [2.45, 2.75) is 32.8 Å². The van der Waals surface area contributed by atoms with Crippen LogP contribution in [-0.4, -0.2) is 26.8 Å². The van der Waals surface area contributed by atoms with Crippen LogP contribution in [0.15, 0.2) is 16.7 Å². The van der Waals surface area contributed by atoms with Crippen LogP contribution < -0.4 is 5.32 Å². The van der Waals surface area contributed by atoms with Gasteiger partial charge in [-0.05, 0) is 18.1 Å². The Morgan fingerprint density at radius 1 is 1.38 bits per heavy atom. The summed E-state index contributed by atoms with van der Waals surface area (Å²) in [7, 11) is 0. The number of aliphatic hydroxyl groups is 1. The predicted octanol–water partition coefficient (Wildman–Crippen LogP) is 1.61. The summed E-state index contributed by atoms with van der Waals surface area (Å²) in [6.45, 7) is 4.35. The van der Waals surface area contributed by atoms with Gasteiger partial charge in [0, 0.05) is 18.7 Å². The van der Waals surface area contributed by atoms with E-state index in [-0.39, 0.29) is 12.5 Å². The first-order chi connectivity index (χ1) is 10.1. The molecule has 0 bridgehead atoms. The highest BCUT2D eigenvalue weighted by molar-refractivity contribution is 5.52. The number of nitriles is 1.